The molecule has 1 aliphatic heterocycles. The minimum absolute atomic E-state index is 0.232. The smallest absolute Gasteiger partial charge is 0.136 e. The van der Waals surface area contributed by atoms with Crippen LogP contribution in [0.4, 0.5) is 17.1 Å². The van der Waals surface area contributed by atoms with Gasteiger partial charge in [0, 0.05) is 27.4 Å². The van der Waals surface area contributed by atoms with E-state index in [1.54, 1.807) is 0 Å². The molecule has 8 aromatic carbocycles. The second kappa shape index (κ2) is 11.3. The van der Waals surface area contributed by atoms with Gasteiger partial charge in [0.25, 0.3) is 0 Å². The van der Waals surface area contributed by atoms with Crippen molar-refractivity contribution in [1.29, 1.82) is 0 Å². The number of hydrogen-bond donors (Lipinski definition) is 0. The zero-order valence-electron chi connectivity index (χ0n) is 28.6. The molecule has 0 aromatic heterocycles. The highest BCUT2D eigenvalue weighted by atomic mass is 16.5. The van der Waals surface area contributed by atoms with Crippen LogP contribution in [0.3, 0.4) is 0 Å². The fourth-order valence-electron chi connectivity index (χ4n) is 8.46. The maximum atomic E-state index is 6.74. The maximum Gasteiger partial charge on any atom is 0.136 e. The number of rotatable bonds is 5. The maximum absolute atomic E-state index is 6.74. The summed E-state index contributed by atoms with van der Waals surface area (Å²) in [7, 11) is 0. The molecule has 2 heteroatoms. The Bertz CT molecular complexity index is 2620. The summed E-state index contributed by atoms with van der Waals surface area (Å²) in [5.41, 5.74) is 15.6. The number of benzene rings is 8. The minimum Gasteiger partial charge on any atom is -0.456 e. The first kappa shape index (κ1) is 29.5. The van der Waals surface area contributed by atoms with Gasteiger partial charge in [-0.25, -0.2) is 0 Å². The molecule has 0 N–H and O–H groups in total. The summed E-state index contributed by atoms with van der Waals surface area (Å²) in [6.07, 6.45) is 0. The average Bonchev–Trinajstić information content (AvgIpc) is 3.42. The second-order valence-electron chi connectivity index (χ2n) is 14.1. The molecule has 0 radical (unpaired) electrons. The summed E-state index contributed by atoms with van der Waals surface area (Å²) in [4.78, 5) is 2.46. The molecule has 242 valence electrons. The number of anilines is 3. The molecule has 2 aliphatic rings. The molecule has 0 saturated heterocycles. The Morgan fingerprint density at radius 1 is 0.431 bits per heavy atom. The molecule has 0 atom stereocenters. The molecule has 1 aliphatic carbocycles. The first-order chi connectivity index (χ1) is 25.1. The number of para-hydroxylation sites is 1. The van der Waals surface area contributed by atoms with Crippen molar-refractivity contribution in [2.75, 3.05) is 4.90 Å². The standard InChI is InChI=1S/C49H35NO/c1-49(2)42-30-34(32-14-6-3-7-15-32)24-26-37(42)40-21-13-23-44(48(40)49)50(36-18-10-5-11-19-36)43-28-29-45-47-39(20-12-22-41(43)47)38-27-25-35(31-46(38)51-45)33-16-8-4-9-17-33/h3-31H,1-2H3. The van der Waals surface area contributed by atoms with E-state index >= 15 is 0 Å². The predicted octanol–water partition coefficient (Wildman–Crippen LogP) is 13.7. The van der Waals surface area contributed by atoms with Crippen LogP contribution in [0.15, 0.2) is 176 Å². The number of nitrogens with zero attached hydrogens (tertiary/aromatic N) is 1. The third-order valence-electron chi connectivity index (χ3n) is 10.8. The molecule has 10 rings (SSSR count). The average molecular weight is 654 g/mol. The Hall–Kier alpha value is -6.38. The lowest BCUT2D eigenvalue weighted by atomic mass is 9.80. The van der Waals surface area contributed by atoms with Crippen molar-refractivity contribution in [3.05, 3.63) is 187 Å². The third kappa shape index (κ3) is 4.57. The van der Waals surface area contributed by atoms with E-state index in [-0.39, 0.29) is 5.41 Å². The summed E-state index contributed by atoms with van der Waals surface area (Å²) in [5, 5.41) is 2.29. The van der Waals surface area contributed by atoms with Crippen LogP contribution in [-0.2, 0) is 5.41 Å². The van der Waals surface area contributed by atoms with Gasteiger partial charge in [0.15, 0.2) is 0 Å². The lowest BCUT2D eigenvalue weighted by Gasteiger charge is -2.33. The molecule has 0 bridgehead atoms. The molecule has 2 nitrogen and oxygen atoms in total. The largest absolute Gasteiger partial charge is 0.456 e. The van der Waals surface area contributed by atoms with E-state index in [0.29, 0.717) is 0 Å². The predicted molar refractivity (Wildman–Crippen MR) is 213 cm³/mol. The SMILES string of the molecule is CC1(C)c2cc(-c3ccccc3)ccc2-c2cccc(N(c3ccccc3)c3ccc4c5c(cccc35)-c3ccc(-c5ccccc5)cc3O4)c21. The Morgan fingerprint density at radius 2 is 1.06 bits per heavy atom. The molecule has 0 amide bonds. The van der Waals surface area contributed by atoms with Crippen LogP contribution in [0.2, 0.25) is 0 Å². The van der Waals surface area contributed by atoms with E-state index in [9.17, 15) is 0 Å². The lowest BCUT2D eigenvalue weighted by Crippen LogP contribution is -2.21. The van der Waals surface area contributed by atoms with E-state index in [1.165, 1.54) is 50.2 Å². The number of hydrogen-bond acceptors (Lipinski definition) is 2. The zero-order valence-corrected chi connectivity index (χ0v) is 28.6. The Balaban J connectivity index is 1.16. The van der Waals surface area contributed by atoms with Gasteiger partial charge >= 0.3 is 0 Å². The molecular formula is C49H35NO. The van der Waals surface area contributed by atoms with Crippen molar-refractivity contribution >= 4 is 27.8 Å². The van der Waals surface area contributed by atoms with Gasteiger partial charge in [-0.3, -0.25) is 0 Å². The summed E-state index contributed by atoms with van der Waals surface area (Å²) in [6.45, 7) is 4.76. The minimum atomic E-state index is -0.232. The molecular weight excluding hydrogens is 619 g/mol. The lowest BCUT2D eigenvalue weighted by molar-refractivity contribution is 0.487. The van der Waals surface area contributed by atoms with Gasteiger partial charge < -0.3 is 9.64 Å². The van der Waals surface area contributed by atoms with Crippen molar-refractivity contribution < 1.29 is 4.74 Å². The fourth-order valence-corrected chi connectivity index (χ4v) is 8.46. The van der Waals surface area contributed by atoms with Crippen LogP contribution < -0.4 is 9.64 Å². The number of ether oxygens (including phenoxy) is 1. The Labute approximate surface area is 298 Å². The molecule has 0 fully saturated rings. The van der Waals surface area contributed by atoms with Crippen molar-refractivity contribution in [2.45, 2.75) is 19.3 Å². The summed E-state index contributed by atoms with van der Waals surface area (Å²) in [5.74, 6) is 1.77. The number of fused-ring (bicyclic) bond motifs is 5. The van der Waals surface area contributed by atoms with Gasteiger partial charge in [-0.15, -0.1) is 0 Å². The highest BCUT2D eigenvalue weighted by Crippen LogP contribution is 2.56. The third-order valence-corrected chi connectivity index (χ3v) is 10.8. The highest BCUT2D eigenvalue weighted by Gasteiger charge is 2.39. The summed E-state index contributed by atoms with van der Waals surface area (Å²) in [6, 6.07) is 63.5. The van der Waals surface area contributed by atoms with Gasteiger partial charge in [0.1, 0.15) is 11.5 Å². The van der Waals surface area contributed by atoms with E-state index in [4.69, 9.17) is 4.74 Å². The van der Waals surface area contributed by atoms with Gasteiger partial charge in [-0.2, -0.15) is 0 Å². The Morgan fingerprint density at radius 3 is 1.78 bits per heavy atom. The summed E-state index contributed by atoms with van der Waals surface area (Å²) >= 11 is 0. The van der Waals surface area contributed by atoms with Gasteiger partial charge in [0.2, 0.25) is 0 Å². The van der Waals surface area contributed by atoms with Crippen LogP contribution in [0.5, 0.6) is 11.5 Å². The zero-order chi connectivity index (χ0) is 34.1. The first-order valence-corrected chi connectivity index (χ1v) is 17.7. The van der Waals surface area contributed by atoms with E-state index in [0.717, 1.165) is 44.8 Å². The van der Waals surface area contributed by atoms with Gasteiger partial charge in [-0.1, -0.05) is 141 Å². The van der Waals surface area contributed by atoms with E-state index in [1.807, 2.05) is 0 Å². The van der Waals surface area contributed by atoms with Crippen LogP contribution in [0, 0.1) is 0 Å². The van der Waals surface area contributed by atoms with Gasteiger partial charge in [0.05, 0.1) is 11.4 Å². The van der Waals surface area contributed by atoms with Crippen molar-refractivity contribution in [2.24, 2.45) is 0 Å². The van der Waals surface area contributed by atoms with E-state index in [2.05, 4.69) is 195 Å². The summed E-state index contributed by atoms with van der Waals surface area (Å²) < 4.78 is 6.74. The van der Waals surface area contributed by atoms with E-state index < -0.39 is 0 Å². The quantitative estimate of drug-likeness (QED) is 0.183. The second-order valence-corrected chi connectivity index (χ2v) is 14.1. The monoisotopic (exact) mass is 653 g/mol. The molecule has 51 heavy (non-hydrogen) atoms. The fraction of sp³-hybridized carbons (Fsp3) is 0.0612. The van der Waals surface area contributed by atoms with Crippen molar-refractivity contribution in [3.63, 3.8) is 0 Å². The molecule has 1 heterocycles. The first-order valence-electron chi connectivity index (χ1n) is 17.7. The molecule has 0 saturated carbocycles. The van der Waals surface area contributed by atoms with Gasteiger partial charge in [-0.05, 0) is 98.6 Å². The highest BCUT2D eigenvalue weighted by molar-refractivity contribution is 6.11. The molecule has 0 unspecified atom stereocenters. The normalized spacial score (nSPS) is 13.2. The topological polar surface area (TPSA) is 12.5 Å². The molecule has 8 aromatic rings. The molecule has 0 spiro atoms. The van der Waals surface area contributed by atoms with Crippen LogP contribution in [0.25, 0.3) is 55.3 Å². The van der Waals surface area contributed by atoms with Crippen LogP contribution in [0.1, 0.15) is 25.0 Å². The van der Waals surface area contributed by atoms with Crippen molar-refractivity contribution in [1.82, 2.24) is 0 Å². The van der Waals surface area contributed by atoms with Crippen LogP contribution in [-0.4, -0.2) is 0 Å². The van der Waals surface area contributed by atoms with Crippen LogP contribution >= 0.6 is 0 Å². The Kier molecular flexibility index (Phi) is 6.56. The van der Waals surface area contributed by atoms with Crippen molar-refractivity contribution in [3.8, 4) is 56.0 Å².